The Hall–Kier alpha value is -3.64. The monoisotopic (exact) mass is 454 g/mol. The highest BCUT2D eigenvalue weighted by molar-refractivity contribution is 7.80. The van der Waals surface area contributed by atoms with E-state index in [1.807, 2.05) is 41.3 Å². The average molecular weight is 455 g/mol. The normalized spacial score (nSPS) is 17.9. The van der Waals surface area contributed by atoms with Gasteiger partial charge in [-0.05, 0) is 86.6 Å². The van der Waals surface area contributed by atoms with Gasteiger partial charge in [0.15, 0.2) is 5.11 Å². The third kappa shape index (κ3) is 3.66. The molecule has 1 saturated heterocycles. The van der Waals surface area contributed by atoms with Crippen LogP contribution >= 0.6 is 12.2 Å². The van der Waals surface area contributed by atoms with Gasteiger partial charge in [0.1, 0.15) is 5.75 Å². The quantitative estimate of drug-likeness (QED) is 0.389. The van der Waals surface area contributed by atoms with Crippen LogP contribution in [0.3, 0.4) is 0 Å². The summed E-state index contributed by atoms with van der Waals surface area (Å²) >= 11 is 5.80. The van der Waals surface area contributed by atoms with Gasteiger partial charge >= 0.3 is 0 Å². The zero-order chi connectivity index (χ0) is 23.1. The van der Waals surface area contributed by atoms with Crippen LogP contribution in [0, 0.1) is 20.8 Å². The largest absolute Gasteiger partial charge is 0.506 e. The summed E-state index contributed by atoms with van der Waals surface area (Å²) in [6, 6.07) is 23.6. The number of benzene rings is 2. The average Bonchev–Trinajstić information content (AvgIpc) is 3.30. The molecular formula is C27H26N4OS. The van der Waals surface area contributed by atoms with Crippen LogP contribution in [-0.4, -0.2) is 19.8 Å². The van der Waals surface area contributed by atoms with Crippen LogP contribution < -0.4 is 10.2 Å². The first kappa shape index (κ1) is 21.2. The van der Waals surface area contributed by atoms with Gasteiger partial charge in [0.2, 0.25) is 0 Å². The molecule has 0 radical (unpaired) electrons. The molecule has 1 fully saturated rings. The Balaban J connectivity index is 1.70. The van der Waals surface area contributed by atoms with Crippen LogP contribution in [0.15, 0.2) is 79.0 Å². The number of phenolic OH excluding ortho intramolecular Hbond substituents is 1. The number of hydrogen-bond acceptors (Lipinski definition) is 3. The second-order valence-electron chi connectivity index (χ2n) is 8.49. The van der Waals surface area contributed by atoms with Gasteiger partial charge in [0.05, 0.1) is 23.5 Å². The van der Waals surface area contributed by atoms with E-state index in [-0.39, 0.29) is 17.8 Å². The maximum absolute atomic E-state index is 10.7. The molecule has 2 aromatic carbocycles. The minimum Gasteiger partial charge on any atom is -0.506 e. The van der Waals surface area contributed by atoms with Crippen LogP contribution in [0.4, 0.5) is 5.69 Å². The topological polar surface area (TPSA) is 53.3 Å². The highest BCUT2D eigenvalue weighted by Gasteiger charge is 2.43. The van der Waals surface area contributed by atoms with Crippen molar-refractivity contribution >= 4 is 23.0 Å². The summed E-state index contributed by atoms with van der Waals surface area (Å²) in [4.78, 5) is 6.65. The molecule has 0 amide bonds. The van der Waals surface area contributed by atoms with E-state index in [0.717, 1.165) is 28.3 Å². The van der Waals surface area contributed by atoms with Crippen molar-refractivity contribution in [2.75, 3.05) is 4.90 Å². The first-order valence-electron chi connectivity index (χ1n) is 11.0. The van der Waals surface area contributed by atoms with Crippen LogP contribution in [0.2, 0.25) is 0 Å². The summed E-state index contributed by atoms with van der Waals surface area (Å²) in [5.74, 6) is 0.195. The predicted octanol–water partition coefficient (Wildman–Crippen LogP) is 5.68. The van der Waals surface area contributed by atoms with Crippen molar-refractivity contribution in [1.82, 2.24) is 14.9 Å². The first-order valence-corrected chi connectivity index (χ1v) is 11.4. The van der Waals surface area contributed by atoms with Crippen molar-refractivity contribution < 1.29 is 5.11 Å². The Bertz CT molecular complexity index is 1330. The van der Waals surface area contributed by atoms with E-state index in [9.17, 15) is 5.11 Å². The SMILES string of the molecule is Cc1cccc(-n2c(C)cc([C@@H]3[C@@H](c4ccccn4)NC(=S)N3c3ccccc3O)c2C)c1. The van der Waals surface area contributed by atoms with E-state index in [1.165, 1.54) is 5.56 Å². The molecule has 0 aliphatic carbocycles. The Kier molecular flexibility index (Phi) is 5.38. The molecule has 3 heterocycles. The fourth-order valence-electron chi connectivity index (χ4n) is 4.85. The minimum atomic E-state index is -0.176. The van der Waals surface area contributed by atoms with Crippen LogP contribution in [-0.2, 0) is 0 Å². The van der Waals surface area contributed by atoms with E-state index < -0.39 is 0 Å². The van der Waals surface area contributed by atoms with E-state index in [2.05, 4.69) is 66.0 Å². The molecule has 0 spiro atoms. The van der Waals surface area contributed by atoms with E-state index in [4.69, 9.17) is 12.2 Å². The molecule has 0 unspecified atom stereocenters. The van der Waals surface area contributed by atoms with E-state index >= 15 is 0 Å². The molecule has 2 atom stereocenters. The highest BCUT2D eigenvalue weighted by atomic mass is 32.1. The summed E-state index contributed by atoms with van der Waals surface area (Å²) in [5, 5.41) is 14.7. The summed E-state index contributed by atoms with van der Waals surface area (Å²) in [5.41, 5.74) is 7.35. The number of nitrogens with zero attached hydrogens (tertiary/aromatic N) is 3. The summed E-state index contributed by atoms with van der Waals surface area (Å²) in [6.45, 7) is 6.37. The van der Waals surface area contributed by atoms with Crippen LogP contribution in [0.5, 0.6) is 5.75 Å². The second-order valence-corrected chi connectivity index (χ2v) is 8.87. The van der Waals surface area contributed by atoms with Gasteiger partial charge in [-0.15, -0.1) is 0 Å². The first-order chi connectivity index (χ1) is 16.0. The molecule has 2 N–H and O–H groups in total. The number of aromatic nitrogens is 2. The lowest BCUT2D eigenvalue weighted by Crippen LogP contribution is -2.29. The standard InChI is InChI=1S/C27H26N4OS/c1-17-9-8-10-20(15-17)30-18(2)16-21(19(30)3)26-25(22-11-6-7-14-28-22)29-27(33)31(26)23-12-4-5-13-24(23)32/h4-16,25-26,32H,1-3H3,(H,29,33)/t25-,26-/m1/s1. The van der Waals surface area contributed by atoms with Gasteiger partial charge in [-0.2, -0.15) is 0 Å². The maximum Gasteiger partial charge on any atom is 0.174 e. The number of para-hydroxylation sites is 2. The summed E-state index contributed by atoms with van der Waals surface area (Å²) in [7, 11) is 0. The molecule has 6 heteroatoms. The number of anilines is 1. The Morgan fingerprint density at radius 2 is 1.73 bits per heavy atom. The van der Waals surface area contributed by atoms with Crippen LogP contribution in [0.25, 0.3) is 5.69 Å². The van der Waals surface area contributed by atoms with E-state index in [1.54, 1.807) is 12.3 Å². The van der Waals surface area contributed by atoms with Crippen molar-refractivity contribution in [3.05, 3.63) is 107 Å². The Morgan fingerprint density at radius 3 is 2.45 bits per heavy atom. The van der Waals surface area contributed by atoms with Gasteiger partial charge in [-0.25, -0.2) is 0 Å². The van der Waals surface area contributed by atoms with Crippen molar-refractivity contribution in [1.29, 1.82) is 0 Å². The van der Waals surface area contributed by atoms with Crippen molar-refractivity contribution in [2.24, 2.45) is 0 Å². The summed E-state index contributed by atoms with van der Waals surface area (Å²) in [6.07, 6.45) is 1.80. The van der Waals surface area contributed by atoms with E-state index in [0.29, 0.717) is 10.8 Å². The Morgan fingerprint density at radius 1 is 0.939 bits per heavy atom. The lowest BCUT2D eigenvalue weighted by Gasteiger charge is -2.28. The molecule has 0 bridgehead atoms. The second kappa shape index (κ2) is 8.37. The molecule has 5 nitrogen and oxygen atoms in total. The maximum atomic E-state index is 10.7. The van der Waals surface area contributed by atoms with Crippen molar-refractivity contribution in [2.45, 2.75) is 32.9 Å². The lowest BCUT2D eigenvalue weighted by molar-refractivity contribution is 0.472. The molecular weight excluding hydrogens is 428 g/mol. The molecule has 1 aliphatic heterocycles. The molecule has 2 aromatic heterocycles. The molecule has 4 aromatic rings. The van der Waals surface area contributed by atoms with Gasteiger partial charge in [-0.3, -0.25) is 4.98 Å². The summed E-state index contributed by atoms with van der Waals surface area (Å²) < 4.78 is 2.28. The number of aryl methyl sites for hydroxylation is 2. The zero-order valence-corrected chi connectivity index (χ0v) is 19.7. The number of phenols is 1. The predicted molar refractivity (Wildman–Crippen MR) is 136 cm³/mol. The number of thiocarbonyl (C=S) groups is 1. The molecule has 166 valence electrons. The number of aromatic hydroxyl groups is 1. The third-order valence-corrected chi connectivity index (χ3v) is 6.60. The number of nitrogens with one attached hydrogen (secondary N) is 1. The van der Waals surface area contributed by atoms with Crippen molar-refractivity contribution in [3.63, 3.8) is 0 Å². The highest BCUT2D eigenvalue weighted by Crippen LogP contribution is 2.45. The fraction of sp³-hybridized carbons (Fsp3) is 0.185. The van der Waals surface area contributed by atoms with Gasteiger partial charge < -0.3 is 19.9 Å². The lowest BCUT2D eigenvalue weighted by atomic mass is 9.96. The fourth-order valence-corrected chi connectivity index (χ4v) is 5.19. The molecule has 1 aliphatic rings. The van der Waals surface area contributed by atoms with Crippen molar-refractivity contribution in [3.8, 4) is 11.4 Å². The number of rotatable bonds is 4. The van der Waals surface area contributed by atoms with Gasteiger partial charge in [0.25, 0.3) is 0 Å². The number of pyridine rings is 1. The zero-order valence-electron chi connectivity index (χ0n) is 18.9. The third-order valence-electron chi connectivity index (χ3n) is 6.29. The van der Waals surface area contributed by atoms with Gasteiger partial charge in [-0.1, -0.05) is 30.3 Å². The molecule has 5 rings (SSSR count). The number of hydrogen-bond donors (Lipinski definition) is 2. The molecule has 0 saturated carbocycles. The smallest absolute Gasteiger partial charge is 0.174 e. The Labute approximate surface area is 199 Å². The molecule has 33 heavy (non-hydrogen) atoms. The van der Waals surface area contributed by atoms with Crippen LogP contribution in [0.1, 0.15) is 40.3 Å². The minimum absolute atomic E-state index is 0.162. The van der Waals surface area contributed by atoms with Gasteiger partial charge in [0, 0.05) is 23.3 Å².